The van der Waals surface area contributed by atoms with Gasteiger partial charge >= 0.3 is 5.97 Å². The van der Waals surface area contributed by atoms with Crippen molar-refractivity contribution < 1.29 is 23.6 Å². The molecule has 0 aromatic rings. The van der Waals surface area contributed by atoms with E-state index in [2.05, 4.69) is 6.58 Å². The van der Waals surface area contributed by atoms with Gasteiger partial charge in [-0.1, -0.05) is 29.9 Å². The molecule has 0 aromatic heterocycles. The first-order valence-electron chi connectivity index (χ1n) is 7.73. The molecule has 3 heterocycles. The van der Waals surface area contributed by atoms with Crippen LogP contribution in [-0.4, -0.2) is 60.9 Å². The van der Waals surface area contributed by atoms with E-state index in [1.807, 2.05) is 0 Å². The summed E-state index contributed by atoms with van der Waals surface area (Å²) in [6.07, 6.45) is 0.0186. The summed E-state index contributed by atoms with van der Waals surface area (Å²) < 4.78 is 17.4. The van der Waals surface area contributed by atoms with Crippen LogP contribution in [0.5, 0.6) is 0 Å². The minimum absolute atomic E-state index is 0.132. The van der Waals surface area contributed by atoms with Gasteiger partial charge in [0.25, 0.3) is 0 Å². The highest BCUT2D eigenvalue weighted by molar-refractivity contribution is 8.23. The average molecular weight is 424 g/mol. The van der Waals surface area contributed by atoms with Gasteiger partial charge in [-0.3, -0.25) is 13.9 Å². The van der Waals surface area contributed by atoms with Crippen LogP contribution in [0.3, 0.4) is 0 Å². The Morgan fingerprint density at radius 3 is 2.92 bits per heavy atom. The molecule has 0 radical (unpaired) electrons. The number of aliphatic hydroxyl groups is 1. The average Bonchev–Trinajstić information content (AvgIpc) is 3.06. The second kappa shape index (κ2) is 7.64. The minimum Gasteiger partial charge on any atom is -0.455 e. The molecule has 3 aliphatic heterocycles. The van der Waals surface area contributed by atoms with Crippen molar-refractivity contribution in [3.05, 3.63) is 21.5 Å². The molecule has 2 saturated heterocycles. The van der Waals surface area contributed by atoms with E-state index in [1.165, 1.54) is 28.4 Å². The SMILES string of the molecule is C=C(Cl)COC(=O)C1=C(S[C@H]2CCS(=O)C2)S[C@@H]2[C@@H]([C@@H](C)O)C(=O)N12. The molecule has 10 heteroatoms. The Hall–Kier alpha value is -0.480. The number of hydrogen-bond donors (Lipinski definition) is 1. The first kappa shape index (κ1) is 19.3. The molecule has 1 amide bonds. The van der Waals surface area contributed by atoms with Crippen LogP contribution in [0, 0.1) is 5.92 Å². The van der Waals surface area contributed by atoms with Crippen LogP contribution in [-0.2, 0) is 25.1 Å². The van der Waals surface area contributed by atoms with Gasteiger partial charge in [-0.2, -0.15) is 0 Å². The van der Waals surface area contributed by atoms with Gasteiger partial charge < -0.3 is 9.84 Å². The maximum absolute atomic E-state index is 12.5. The molecule has 5 atom stereocenters. The lowest BCUT2D eigenvalue weighted by atomic mass is 9.92. The Morgan fingerprint density at radius 1 is 1.64 bits per heavy atom. The number of carbonyl (C=O) groups is 2. The van der Waals surface area contributed by atoms with Crippen LogP contribution >= 0.6 is 35.1 Å². The van der Waals surface area contributed by atoms with Gasteiger partial charge in [-0.15, -0.1) is 11.8 Å². The lowest BCUT2D eigenvalue weighted by Gasteiger charge is -2.43. The fraction of sp³-hybridized carbons (Fsp3) is 0.600. The zero-order chi connectivity index (χ0) is 18.3. The molecule has 0 aliphatic carbocycles. The lowest BCUT2D eigenvalue weighted by Crippen LogP contribution is -2.60. The maximum Gasteiger partial charge on any atom is 0.357 e. The molecule has 3 aliphatic rings. The number of β-lactam (4-membered cyclic amide) rings is 1. The Balaban J connectivity index is 1.81. The number of aliphatic hydroxyl groups excluding tert-OH is 1. The first-order valence-corrected chi connectivity index (χ1v) is 11.4. The highest BCUT2D eigenvalue weighted by Crippen LogP contribution is 2.55. The molecule has 6 nitrogen and oxygen atoms in total. The van der Waals surface area contributed by atoms with Gasteiger partial charge in [-0.05, 0) is 13.3 Å². The summed E-state index contributed by atoms with van der Waals surface area (Å²) in [7, 11) is -0.826. The van der Waals surface area contributed by atoms with Crippen molar-refractivity contribution in [1.82, 2.24) is 4.90 Å². The van der Waals surface area contributed by atoms with Crippen LogP contribution in [0.25, 0.3) is 0 Å². The number of nitrogens with zero attached hydrogens (tertiary/aromatic N) is 1. The van der Waals surface area contributed by atoms with Crippen LogP contribution < -0.4 is 0 Å². The van der Waals surface area contributed by atoms with Crippen molar-refractivity contribution in [2.24, 2.45) is 5.92 Å². The van der Waals surface area contributed by atoms with E-state index in [4.69, 9.17) is 16.3 Å². The summed E-state index contributed by atoms with van der Waals surface area (Å²) >= 11 is 8.51. The monoisotopic (exact) mass is 423 g/mol. The topological polar surface area (TPSA) is 83.9 Å². The second-order valence-electron chi connectivity index (χ2n) is 6.05. The van der Waals surface area contributed by atoms with Gasteiger partial charge in [0.2, 0.25) is 5.91 Å². The minimum atomic E-state index is -0.826. The van der Waals surface area contributed by atoms with Crippen molar-refractivity contribution in [3.8, 4) is 0 Å². The van der Waals surface area contributed by atoms with E-state index >= 15 is 0 Å². The Morgan fingerprint density at radius 2 is 2.36 bits per heavy atom. The number of carbonyl (C=O) groups excluding carboxylic acids is 2. The molecule has 0 saturated carbocycles. The number of hydrogen-bond acceptors (Lipinski definition) is 7. The van der Waals surface area contributed by atoms with Gasteiger partial charge in [0, 0.05) is 32.6 Å². The van der Waals surface area contributed by atoms with Gasteiger partial charge in [0.15, 0.2) is 5.70 Å². The van der Waals surface area contributed by atoms with Crippen LogP contribution in [0.1, 0.15) is 13.3 Å². The largest absolute Gasteiger partial charge is 0.455 e. The quantitative estimate of drug-likeness (QED) is 0.513. The molecular formula is C15H18ClNO5S3. The van der Waals surface area contributed by atoms with E-state index in [1.54, 1.807) is 6.92 Å². The number of fused-ring (bicyclic) bond motifs is 1. The molecule has 2 fully saturated rings. The predicted octanol–water partition coefficient (Wildman–Crippen LogP) is 1.62. The number of amides is 1. The Kier molecular flexibility index (Phi) is 5.89. The van der Waals surface area contributed by atoms with E-state index < -0.39 is 28.8 Å². The smallest absolute Gasteiger partial charge is 0.357 e. The Labute approximate surface area is 161 Å². The summed E-state index contributed by atoms with van der Waals surface area (Å²) in [5, 5.41) is 9.86. The van der Waals surface area contributed by atoms with E-state index in [0.717, 1.165) is 6.42 Å². The molecule has 1 N–H and O–H groups in total. The summed E-state index contributed by atoms with van der Waals surface area (Å²) in [4.78, 5) is 26.3. The molecule has 138 valence electrons. The second-order valence-corrected chi connectivity index (χ2v) is 10.9. The normalized spacial score (nSPS) is 32.4. The number of halogens is 1. The fourth-order valence-corrected chi connectivity index (χ4v) is 8.22. The van der Waals surface area contributed by atoms with Crippen molar-refractivity contribution in [1.29, 1.82) is 0 Å². The predicted molar refractivity (Wildman–Crippen MR) is 100 cm³/mol. The molecule has 0 spiro atoms. The number of esters is 1. The van der Waals surface area contributed by atoms with Crippen LogP contribution in [0.2, 0.25) is 0 Å². The first-order chi connectivity index (χ1) is 11.8. The number of rotatable bonds is 6. The van der Waals surface area contributed by atoms with Crippen LogP contribution in [0.15, 0.2) is 21.5 Å². The van der Waals surface area contributed by atoms with Crippen molar-refractivity contribution in [2.75, 3.05) is 18.1 Å². The summed E-state index contributed by atoms with van der Waals surface area (Å²) in [6, 6.07) is 0. The fourth-order valence-electron chi connectivity index (χ4n) is 2.92. The summed E-state index contributed by atoms with van der Waals surface area (Å²) in [5.41, 5.74) is 0.206. The number of ether oxygens (including phenoxy) is 1. The molecule has 0 aromatic carbocycles. The standard InChI is InChI=1S/C15H18ClNO5S3/c1-7(16)5-22-14(20)11-15(23-9-3-4-25(21)6-9)24-13-10(8(2)18)12(19)17(11)13/h8-10,13,18H,1,3-6H2,2H3/t8-,9+,10+,13-,25?/m1/s1. The molecule has 25 heavy (non-hydrogen) atoms. The summed E-state index contributed by atoms with van der Waals surface area (Å²) in [6.45, 7) is 4.91. The summed E-state index contributed by atoms with van der Waals surface area (Å²) in [5.74, 6) is -0.213. The zero-order valence-electron chi connectivity index (χ0n) is 13.5. The Bertz CT molecular complexity index is 680. The van der Waals surface area contributed by atoms with Gasteiger partial charge in [0.1, 0.15) is 12.0 Å². The van der Waals surface area contributed by atoms with Crippen molar-refractivity contribution >= 4 is 57.8 Å². The molecule has 1 unspecified atom stereocenters. The molecular weight excluding hydrogens is 406 g/mol. The van der Waals surface area contributed by atoms with Crippen LogP contribution in [0.4, 0.5) is 0 Å². The van der Waals surface area contributed by atoms with Crippen molar-refractivity contribution in [2.45, 2.75) is 30.1 Å². The van der Waals surface area contributed by atoms with Crippen molar-refractivity contribution in [3.63, 3.8) is 0 Å². The third kappa shape index (κ3) is 3.80. The highest BCUT2D eigenvalue weighted by Gasteiger charge is 2.58. The molecule has 3 rings (SSSR count). The van der Waals surface area contributed by atoms with E-state index in [-0.39, 0.29) is 33.9 Å². The van der Waals surface area contributed by atoms with E-state index in [9.17, 15) is 18.9 Å². The molecule has 0 bridgehead atoms. The van der Waals surface area contributed by atoms with E-state index in [0.29, 0.717) is 15.7 Å². The number of thioether (sulfide) groups is 2. The van der Waals surface area contributed by atoms with Gasteiger partial charge in [0.05, 0.1) is 16.3 Å². The highest BCUT2D eigenvalue weighted by atomic mass is 35.5. The van der Waals surface area contributed by atoms with Gasteiger partial charge in [-0.25, -0.2) is 4.79 Å². The maximum atomic E-state index is 12.5. The zero-order valence-corrected chi connectivity index (χ0v) is 16.7. The third-order valence-corrected chi connectivity index (χ3v) is 8.79. The lowest BCUT2D eigenvalue weighted by molar-refractivity contribution is -0.157. The third-order valence-electron chi connectivity index (χ3n) is 4.13.